The van der Waals surface area contributed by atoms with Gasteiger partial charge in [-0.05, 0) is 58.2 Å². The minimum Gasteiger partial charge on any atom is -0.298 e. The average Bonchev–Trinajstić information content (AvgIpc) is 2.77. The van der Waals surface area contributed by atoms with Gasteiger partial charge in [0.05, 0.1) is 11.1 Å². The van der Waals surface area contributed by atoms with E-state index in [9.17, 15) is 4.79 Å². The van der Waals surface area contributed by atoms with Crippen LogP contribution in [0, 0.1) is 41.5 Å². The van der Waals surface area contributed by atoms with E-state index >= 15 is 0 Å². The fourth-order valence-corrected chi connectivity index (χ4v) is 3.74. The topological polar surface area (TPSA) is 47.8 Å². The maximum Gasteiger partial charge on any atom is 0.181 e. The average molecular weight is 335 g/mol. The summed E-state index contributed by atoms with van der Waals surface area (Å²) in [6.07, 6.45) is 0.442. The molecule has 0 unspecified atom stereocenters. The van der Waals surface area contributed by atoms with E-state index in [0.29, 0.717) is 17.9 Å². The first-order valence-corrected chi connectivity index (χ1v) is 8.73. The first-order chi connectivity index (χ1) is 11.8. The zero-order valence-corrected chi connectivity index (χ0v) is 16.1. The third kappa shape index (κ3) is 2.66. The zero-order valence-electron chi connectivity index (χ0n) is 16.1. The van der Waals surface area contributed by atoms with Crippen LogP contribution in [0.25, 0.3) is 16.7 Å². The third-order valence-electron chi connectivity index (χ3n) is 4.91. The highest BCUT2D eigenvalue weighted by molar-refractivity contribution is 6.06. The van der Waals surface area contributed by atoms with Gasteiger partial charge in [0, 0.05) is 12.1 Å². The molecule has 3 rings (SSSR count). The van der Waals surface area contributed by atoms with Gasteiger partial charge in [0.15, 0.2) is 5.78 Å². The monoisotopic (exact) mass is 335 g/mol. The summed E-state index contributed by atoms with van der Waals surface area (Å²) in [5.41, 5.74) is 8.36. The standard InChI is InChI=1S/C21H25N3O/c1-8-17(25)19-18-14(5)15(6)24(21(18)23-16(7)22-19)20-12(3)9-11(2)10-13(20)4/h9-10H,8H2,1-7H3. The van der Waals surface area contributed by atoms with Crippen LogP contribution >= 0.6 is 0 Å². The van der Waals surface area contributed by atoms with Gasteiger partial charge in [0.2, 0.25) is 0 Å². The quantitative estimate of drug-likeness (QED) is 0.642. The highest BCUT2D eigenvalue weighted by atomic mass is 16.1. The van der Waals surface area contributed by atoms with E-state index in [2.05, 4.69) is 56.3 Å². The molecule has 0 bridgehead atoms. The second-order valence-corrected chi connectivity index (χ2v) is 6.89. The van der Waals surface area contributed by atoms with Gasteiger partial charge in [-0.25, -0.2) is 9.97 Å². The van der Waals surface area contributed by atoms with E-state index in [-0.39, 0.29) is 5.78 Å². The lowest BCUT2D eigenvalue weighted by molar-refractivity contribution is 0.0984. The Morgan fingerprint density at radius 1 is 1.00 bits per heavy atom. The van der Waals surface area contributed by atoms with Crippen molar-refractivity contribution in [3.05, 3.63) is 51.6 Å². The van der Waals surface area contributed by atoms with E-state index in [1.54, 1.807) is 0 Å². The summed E-state index contributed by atoms with van der Waals surface area (Å²) in [5.74, 6) is 0.693. The van der Waals surface area contributed by atoms with Gasteiger partial charge < -0.3 is 0 Å². The molecule has 0 saturated carbocycles. The predicted octanol–water partition coefficient (Wildman–Crippen LogP) is 4.86. The summed E-state index contributed by atoms with van der Waals surface area (Å²) in [7, 11) is 0. The van der Waals surface area contributed by atoms with E-state index in [4.69, 9.17) is 4.98 Å². The number of carbonyl (C=O) groups excluding carboxylic acids is 1. The minimum atomic E-state index is 0.0631. The Kier molecular flexibility index (Phi) is 4.23. The van der Waals surface area contributed by atoms with Gasteiger partial charge in [-0.2, -0.15) is 0 Å². The molecule has 25 heavy (non-hydrogen) atoms. The molecule has 0 atom stereocenters. The van der Waals surface area contributed by atoms with Crippen molar-refractivity contribution in [3.63, 3.8) is 0 Å². The molecule has 0 saturated heterocycles. The van der Waals surface area contributed by atoms with Crippen LogP contribution < -0.4 is 0 Å². The number of hydrogen-bond donors (Lipinski definition) is 0. The lowest BCUT2D eigenvalue weighted by Gasteiger charge is -2.16. The van der Waals surface area contributed by atoms with Crippen LogP contribution in [0.3, 0.4) is 0 Å². The largest absolute Gasteiger partial charge is 0.298 e. The van der Waals surface area contributed by atoms with E-state index in [1.807, 2.05) is 13.8 Å². The molecule has 0 aliphatic rings. The van der Waals surface area contributed by atoms with Gasteiger partial charge in [-0.3, -0.25) is 9.36 Å². The number of aryl methyl sites for hydroxylation is 5. The Balaban J connectivity index is 2.49. The van der Waals surface area contributed by atoms with Crippen molar-refractivity contribution in [2.24, 2.45) is 0 Å². The van der Waals surface area contributed by atoms with Crippen molar-refractivity contribution in [2.75, 3.05) is 0 Å². The predicted molar refractivity (Wildman–Crippen MR) is 102 cm³/mol. The van der Waals surface area contributed by atoms with Gasteiger partial charge in [0.1, 0.15) is 17.2 Å². The summed E-state index contributed by atoms with van der Waals surface area (Å²) < 4.78 is 2.19. The molecule has 2 heterocycles. The lowest BCUT2D eigenvalue weighted by atomic mass is 10.0. The Bertz CT molecular complexity index is 989. The summed E-state index contributed by atoms with van der Waals surface area (Å²) in [6, 6.07) is 4.38. The number of nitrogens with zero attached hydrogens (tertiary/aromatic N) is 3. The molecule has 0 fully saturated rings. The first kappa shape index (κ1) is 17.3. The lowest BCUT2D eigenvalue weighted by Crippen LogP contribution is -2.07. The third-order valence-corrected chi connectivity index (χ3v) is 4.91. The second kappa shape index (κ2) is 6.10. The maximum absolute atomic E-state index is 12.5. The van der Waals surface area contributed by atoms with Crippen LogP contribution in [-0.4, -0.2) is 20.3 Å². The number of rotatable bonds is 3. The smallest absolute Gasteiger partial charge is 0.181 e. The number of hydrogen-bond acceptors (Lipinski definition) is 3. The molecular weight excluding hydrogens is 310 g/mol. The normalized spacial score (nSPS) is 11.3. The Morgan fingerprint density at radius 2 is 1.60 bits per heavy atom. The van der Waals surface area contributed by atoms with Gasteiger partial charge >= 0.3 is 0 Å². The Morgan fingerprint density at radius 3 is 2.16 bits per heavy atom. The van der Waals surface area contributed by atoms with Crippen LogP contribution in [-0.2, 0) is 0 Å². The van der Waals surface area contributed by atoms with E-state index < -0.39 is 0 Å². The van der Waals surface area contributed by atoms with E-state index in [1.165, 1.54) is 16.7 Å². The second-order valence-electron chi connectivity index (χ2n) is 6.89. The highest BCUT2D eigenvalue weighted by Gasteiger charge is 2.22. The van der Waals surface area contributed by atoms with Crippen LogP contribution in [0.5, 0.6) is 0 Å². The Labute approximate surface area is 148 Å². The summed E-state index contributed by atoms with van der Waals surface area (Å²) in [4.78, 5) is 21.6. The first-order valence-electron chi connectivity index (χ1n) is 8.73. The summed E-state index contributed by atoms with van der Waals surface area (Å²) >= 11 is 0. The van der Waals surface area contributed by atoms with E-state index in [0.717, 1.165) is 28.0 Å². The highest BCUT2D eigenvalue weighted by Crippen LogP contribution is 2.33. The SMILES string of the molecule is CCC(=O)c1nc(C)nc2c1c(C)c(C)n2-c1c(C)cc(C)cc1C. The molecule has 4 nitrogen and oxygen atoms in total. The van der Waals surface area contributed by atoms with Gasteiger partial charge in [-0.1, -0.05) is 24.6 Å². The maximum atomic E-state index is 12.5. The number of benzene rings is 1. The number of ketones is 1. The molecule has 0 aliphatic carbocycles. The van der Waals surface area contributed by atoms with Crippen LogP contribution in [0.4, 0.5) is 0 Å². The molecule has 4 heteroatoms. The van der Waals surface area contributed by atoms with Gasteiger partial charge in [0.25, 0.3) is 0 Å². The fourth-order valence-electron chi connectivity index (χ4n) is 3.74. The number of carbonyl (C=O) groups is 1. The van der Waals surface area contributed by atoms with Gasteiger partial charge in [-0.15, -0.1) is 0 Å². The molecule has 0 N–H and O–H groups in total. The molecule has 1 aromatic carbocycles. The molecule has 130 valence electrons. The molecule has 0 spiro atoms. The van der Waals surface area contributed by atoms with Crippen molar-refractivity contribution in [1.82, 2.24) is 14.5 Å². The minimum absolute atomic E-state index is 0.0631. The summed E-state index contributed by atoms with van der Waals surface area (Å²) in [5, 5.41) is 0.884. The molecule has 0 aliphatic heterocycles. The fraction of sp³-hybridized carbons (Fsp3) is 0.381. The summed E-state index contributed by atoms with van der Waals surface area (Å²) in [6.45, 7) is 14.2. The van der Waals surface area contributed by atoms with Crippen molar-refractivity contribution in [2.45, 2.75) is 54.9 Å². The van der Waals surface area contributed by atoms with Crippen molar-refractivity contribution >= 4 is 16.8 Å². The molecule has 2 aromatic heterocycles. The van der Waals surface area contributed by atoms with Crippen molar-refractivity contribution < 1.29 is 4.79 Å². The van der Waals surface area contributed by atoms with Crippen molar-refractivity contribution in [3.8, 4) is 5.69 Å². The molecule has 0 radical (unpaired) electrons. The Hall–Kier alpha value is -2.49. The zero-order chi connectivity index (χ0) is 18.5. The van der Waals surface area contributed by atoms with Crippen molar-refractivity contribution in [1.29, 1.82) is 0 Å². The van der Waals surface area contributed by atoms with Crippen LogP contribution in [0.1, 0.15) is 57.6 Å². The van der Waals surface area contributed by atoms with Crippen LogP contribution in [0.2, 0.25) is 0 Å². The number of fused-ring (bicyclic) bond motifs is 1. The van der Waals surface area contributed by atoms with Crippen LogP contribution in [0.15, 0.2) is 12.1 Å². The number of aromatic nitrogens is 3. The molecule has 3 aromatic rings. The molecule has 0 amide bonds. The molecular formula is C21H25N3O. The number of Topliss-reactive ketones (excluding diaryl/α,β-unsaturated/α-hetero) is 1.